The minimum Gasteiger partial charge on any atom is -0.463 e. The van der Waals surface area contributed by atoms with Gasteiger partial charge in [0.1, 0.15) is 11.6 Å². The SMILES string of the molecule is C.CCOC(=O)/C=C/c1c(C)nc(SC)nc1Nc1ccc(C(C)=O)cc1.CSc1nc(C)c(C=O)c(Nc2ccc(C(C)=O)cc2)n1.CSc1nc(C)c2ccc(=O)n(-c3ccc(C(C)=O)cc3)c2n1.[HH]. The number of hydrogen-bond acceptors (Lipinski definition) is 18. The number of pyridine rings is 1. The van der Waals surface area contributed by atoms with Crippen molar-refractivity contribution in [1.82, 2.24) is 34.5 Å². The molecular formula is C52H57N9O7S3. The third-order valence-corrected chi connectivity index (χ3v) is 11.8. The molecule has 7 rings (SSSR count). The maximum atomic E-state index is 12.4. The smallest absolute Gasteiger partial charge is 0.330 e. The van der Waals surface area contributed by atoms with Gasteiger partial charge in [0.25, 0.3) is 5.56 Å². The molecule has 0 radical (unpaired) electrons. The maximum Gasteiger partial charge on any atom is 0.330 e. The van der Waals surface area contributed by atoms with Gasteiger partial charge in [-0.1, -0.05) is 42.7 Å². The molecule has 7 aromatic rings. The minimum absolute atomic E-state index is 0. The number of rotatable bonds is 15. The predicted molar refractivity (Wildman–Crippen MR) is 288 cm³/mol. The van der Waals surface area contributed by atoms with Crippen LogP contribution in [0, 0.1) is 20.8 Å². The van der Waals surface area contributed by atoms with E-state index in [2.05, 4.69) is 40.5 Å². The lowest BCUT2D eigenvalue weighted by Gasteiger charge is -2.12. The molecule has 3 aromatic carbocycles. The summed E-state index contributed by atoms with van der Waals surface area (Å²) in [6, 6.07) is 24.4. The first kappa shape index (κ1) is 56.2. The van der Waals surface area contributed by atoms with Crippen molar-refractivity contribution in [1.29, 1.82) is 0 Å². The predicted octanol–water partition coefficient (Wildman–Crippen LogP) is 11.2. The van der Waals surface area contributed by atoms with Gasteiger partial charge in [-0.3, -0.25) is 28.5 Å². The van der Waals surface area contributed by atoms with Crippen molar-refractivity contribution in [3.05, 3.63) is 146 Å². The first-order chi connectivity index (χ1) is 33.5. The Balaban J connectivity index is 0.000000283. The molecule has 0 aliphatic rings. The maximum absolute atomic E-state index is 12.4. The van der Waals surface area contributed by atoms with Crippen LogP contribution in [0.4, 0.5) is 23.0 Å². The fourth-order valence-corrected chi connectivity index (χ4v) is 7.67. The summed E-state index contributed by atoms with van der Waals surface area (Å²) in [5.41, 5.74) is 7.85. The van der Waals surface area contributed by atoms with E-state index in [4.69, 9.17) is 4.74 Å². The van der Waals surface area contributed by atoms with Gasteiger partial charge in [-0.15, -0.1) is 0 Å². The second-order valence-electron chi connectivity index (χ2n) is 15.0. The van der Waals surface area contributed by atoms with Gasteiger partial charge >= 0.3 is 5.97 Å². The van der Waals surface area contributed by atoms with Crippen LogP contribution in [0.1, 0.15) is 101 Å². The Labute approximate surface area is 426 Å². The fraction of sp³-hybridized carbons (Fsp3) is 0.231. The van der Waals surface area contributed by atoms with Gasteiger partial charge < -0.3 is 15.4 Å². The molecule has 0 atom stereocenters. The number of esters is 1. The van der Waals surface area contributed by atoms with Crippen molar-refractivity contribution in [2.24, 2.45) is 0 Å². The standard InChI is InChI=1S/C19H21N3O3S.C17H15N3O2S.C15H15N3O2S.CH4.H2/c1-5-25-17(24)11-10-16-12(2)20-19(26-4)22-18(16)21-15-8-6-14(7-9-15)13(3)23;1-10-14-8-9-15(22)20(16(14)19-17(18-10)23-3)13-6-4-12(5-7-13)11(2)21;1-9-13(8-19)14(18-15(16-9)21-3)17-12-6-4-11(5-7-12)10(2)20;;/h6-11H,5H2,1-4H3,(H,20,21,22);4-9H,1-3H3;4-8H,1-3H3,(H,16,17,18);1H4;1H/b11-10+;;;;. The monoisotopic (exact) mass is 1020 g/mol. The molecule has 0 amide bonds. The number of aromatic nitrogens is 7. The first-order valence-electron chi connectivity index (χ1n) is 21.5. The van der Waals surface area contributed by atoms with E-state index in [1.54, 1.807) is 91.2 Å². The first-order valence-corrected chi connectivity index (χ1v) is 25.1. The molecule has 4 heterocycles. The Morgan fingerprint density at radius 2 is 1.03 bits per heavy atom. The number of thioether (sulfide) groups is 3. The molecular weight excluding hydrogens is 959 g/mol. The van der Waals surface area contributed by atoms with E-state index in [1.165, 1.54) is 68.2 Å². The van der Waals surface area contributed by atoms with Crippen LogP contribution in [0.5, 0.6) is 0 Å². The van der Waals surface area contributed by atoms with Crippen molar-refractivity contribution in [3.8, 4) is 5.69 Å². The molecule has 19 heteroatoms. The molecule has 4 aromatic heterocycles. The lowest BCUT2D eigenvalue weighted by Crippen LogP contribution is -2.19. The Morgan fingerprint density at radius 3 is 1.46 bits per heavy atom. The van der Waals surface area contributed by atoms with Gasteiger partial charge in [0.15, 0.2) is 44.8 Å². The van der Waals surface area contributed by atoms with E-state index < -0.39 is 5.97 Å². The Hall–Kier alpha value is -7.35. The summed E-state index contributed by atoms with van der Waals surface area (Å²) in [6.07, 6.45) is 9.41. The van der Waals surface area contributed by atoms with Crippen molar-refractivity contribution >= 4 is 105 Å². The molecule has 370 valence electrons. The number of fused-ring (bicyclic) bond motifs is 1. The number of ketones is 3. The molecule has 0 aliphatic heterocycles. The summed E-state index contributed by atoms with van der Waals surface area (Å²) >= 11 is 4.27. The van der Waals surface area contributed by atoms with Gasteiger partial charge in [0.2, 0.25) is 0 Å². The second kappa shape index (κ2) is 26.6. The highest BCUT2D eigenvalue weighted by molar-refractivity contribution is 7.98. The summed E-state index contributed by atoms with van der Waals surface area (Å²) in [5.74, 6) is 0.646. The summed E-state index contributed by atoms with van der Waals surface area (Å²) < 4.78 is 6.47. The highest BCUT2D eigenvalue weighted by Crippen LogP contribution is 2.27. The van der Waals surface area contributed by atoms with Gasteiger partial charge in [0, 0.05) is 52.6 Å². The highest BCUT2D eigenvalue weighted by atomic mass is 32.2. The number of Topliss-reactive ketones (excluding diaryl/α,β-unsaturated/α-hetero) is 3. The van der Waals surface area contributed by atoms with Gasteiger partial charge in [0.05, 0.1) is 34.9 Å². The molecule has 0 bridgehead atoms. The zero-order chi connectivity index (χ0) is 51.1. The molecule has 0 saturated heterocycles. The van der Waals surface area contributed by atoms with Crippen molar-refractivity contribution in [3.63, 3.8) is 0 Å². The van der Waals surface area contributed by atoms with E-state index in [-0.39, 0.29) is 31.8 Å². The highest BCUT2D eigenvalue weighted by Gasteiger charge is 2.15. The van der Waals surface area contributed by atoms with Crippen LogP contribution in [0.2, 0.25) is 0 Å². The number of anilines is 4. The van der Waals surface area contributed by atoms with E-state index in [9.17, 15) is 28.8 Å². The number of aryl methyl sites for hydroxylation is 3. The lowest BCUT2D eigenvalue weighted by atomic mass is 10.1. The summed E-state index contributed by atoms with van der Waals surface area (Å²) in [7, 11) is 0. The van der Waals surface area contributed by atoms with Crippen molar-refractivity contribution in [2.75, 3.05) is 36.0 Å². The average Bonchev–Trinajstić information content (AvgIpc) is 3.34. The molecule has 0 fully saturated rings. The summed E-state index contributed by atoms with van der Waals surface area (Å²) in [6.45, 7) is 12.2. The average molecular weight is 1020 g/mol. The number of nitrogens with one attached hydrogen (secondary N) is 2. The van der Waals surface area contributed by atoms with Crippen LogP contribution >= 0.6 is 35.3 Å². The largest absolute Gasteiger partial charge is 0.463 e. The molecule has 0 saturated carbocycles. The van der Waals surface area contributed by atoms with Crippen LogP contribution in [-0.2, 0) is 9.53 Å². The number of ether oxygens (including phenoxy) is 1. The van der Waals surface area contributed by atoms with Crippen LogP contribution < -0.4 is 16.2 Å². The minimum atomic E-state index is -0.419. The number of benzene rings is 3. The zero-order valence-electron chi connectivity index (χ0n) is 40.2. The summed E-state index contributed by atoms with van der Waals surface area (Å²) in [4.78, 5) is 95.7. The molecule has 0 unspecified atom stereocenters. The Bertz CT molecular complexity index is 3150. The van der Waals surface area contributed by atoms with Crippen LogP contribution in [-0.4, -0.2) is 89.5 Å². The van der Waals surface area contributed by atoms with Crippen LogP contribution in [0.15, 0.2) is 111 Å². The number of hydrogen-bond donors (Lipinski definition) is 2. The third kappa shape index (κ3) is 15.1. The normalized spacial score (nSPS) is 10.5. The third-order valence-electron chi connectivity index (χ3n) is 10.1. The number of aldehydes is 1. The number of carbonyl (C=O) groups is 5. The molecule has 2 N–H and O–H groups in total. The van der Waals surface area contributed by atoms with Crippen molar-refractivity contribution < 1.29 is 30.1 Å². The van der Waals surface area contributed by atoms with Gasteiger partial charge in [-0.2, -0.15) is 0 Å². The van der Waals surface area contributed by atoms with Gasteiger partial charge in [-0.05, 0) is 152 Å². The molecule has 71 heavy (non-hydrogen) atoms. The quantitative estimate of drug-likeness (QED) is 0.0244. The van der Waals surface area contributed by atoms with Crippen LogP contribution in [0.25, 0.3) is 22.8 Å². The van der Waals surface area contributed by atoms with Crippen LogP contribution in [0.3, 0.4) is 0 Å². The topological polar surface area (TPSA) is 218 Å². The van der Waals surface area contributed by atoms with E-state index >= 15 is 0 Å². The number of carbonyl (C=O) groups excluding carboxylic acids is 5. The molecule has 0 aliphatic carbocycles. The van der Waals surface area contributed by atoms with E-state index in [1.807, 2.05) is 44.7 Å². The van der Waals surface area contributed by atoms with Crippen molar-refractivity contribution in [2.45, 2.75) is 71.4 Å². The molecule has 16 nitrogen and oxygen atoms in total. The Morgan fingerprint density at radius 1 is 0.606 bits per heavy atom. The zero-order valence-corrected chi connectivity index (χ0v) is 42.7. The second-order valence-corrected chi connectivity index (χ2v) is 17.3. The number of nitrogens with zero attached hydrogens (tertiary/aromatic N) is 7. The lowest BCUT2D eigenvalue weighted by molar-refractivity contribution is -0.137. The molecule has 0 spiro atoms. The Kier molecular flexibility index (Phi) is 21.1. The van der Waals surface area contributed by atoms with E-state index in [0.717, 1.165) is 34.4 Å². The van der Waals surface area contributed by atoms with Gasteiger partial charge in [-0.25, -0.2) is 34.7 Å². The van der Waals surface area contributed by atoms with E-state index in [0.29, 0.717) is 78.6 Å². The summed E-state index contributed by atoms with van der Waals surface area (Å²) in [5, 5.41) is 9.00. The fourth-order valence-electron chi connectivity index (χ4n) is 6.44.